The summed E-state index contributed by atoms with van der Waals surface area (Å²) in [6.45, 7) is 1.75. The average Bonchev–Trinajstić information content (AvgIpc) is 3.22. The molecule has 0 aliphatic rings. The molecular weight excluding hydrogens is 420 g/mol. The molecule has 10 heteroatoms. The first-order valence-corrected chi connectivity index (χ1v) is 10.7. The standard InChI is InChI=1S/C21H20N4O5S/c1-15-7-5-6-10-19(15)24-20(26)21(27)25-22-13-16-11-12-17(30-16)14-23-31(28,29)18-8-3-2-4-9-18/h2-13,23H,14H2,1H3,(H,24,26)(H,25,27)/b22-13+. The minimum atomic E-state index is -3.66. The van der Waals surface area contributed by atoms with Gasteiger partial charge < -0.3 is 9.73 Å². The molecule has 160 valence electrons. The maximum absolute atomic E-state index is 12.2. The number of para-hydroxylation sites is 1. The molecule has 0 spiro atoms. The van der Waals surface area contributed by atoms with Crippen molar-refractivity contribution in [2.45, 2.75) is 18.4 Å². The highest BCUT2D eigenvalue weighted by atomic mass is 32.2. The van der Waals surface area contributed by atoms with E-state index in [2.05, 4.69) is 20.6 Å². The van der Waals surface area contributed by atoms with Gasteiger partial charge in [0, 0.05) is 5.69 Å². The van der Waals surface area contributed by atoms with Crippen LogP contribution in [0.15, 0.2) is 81.1 Å². The molecule has 0 atom stereocenters. The Balaban J connectivity index is 1.50. The minimum absolute atomic E-state index is 0.0593. The number of aryl methyl sites for hydroxylation is 1. The number of nitrogens with zero attached hydrogens (tertiary/aromatic N) is 1. The van der Waals surface area contributed by atoms with Crippen LogP contribution in [-0.4, -0.2) is 26.4 Å². The molecule has 1 heterocycles. The molecule has 0 aliphatic carbocycles. The second-order valence-corrected chi connectivity index (χ2v) is 8.18. The second-order valence-electron chi connectivity index (χ2n) is 6.41. The van der Waals surface area contributed by atoms with Gasteiger partial charge in [-0.05, 0) is 42.8 Å². The zero-order valence-corrected chi connectivity index (χ0v) is 17.3. The van der Waals surface area contributed by atoms with E-state index < -0.39 is 21.8 Å². The maximum atomic E-state index is 12.2. The van der Waals surface area contributed by atoms with Crippen molar-refractivity contribution in [2.75, 3.05) is 5.32 Å². The third kappa shape index (κ3) is 6.11. The lowest BCUT2D eigenvalue weighted by Crippen LogP contribution is -2.32. The lowest BCUT2D eigenvalue weighted by Gasteiger charge is -2.06. The first-order valence-electron chi connectivity index (χ1n) is 9.18. The van der Waals surface area contributed by atoms with Crippen LogP contribution in [0.2, 0.25) is 0 Å². The highest BCUT2D eigenvalue weighted by Gasteiger charge is 2.15. The summed E-state index contributed by atoms with van der Waals surface area (Å²) in [4.78, 5) is 23.9. The van der Waals surface area contributed by atoms with Gasteiger partial charge in [-0.3, -0.25) is 9.59 Å². The van der Waals surface area contributed by atoms with Gasteiger partial charge in [-0.15, -0.1) is 0 Å². The second kappa shape index (κ2) is 9.83. The largest absolute Gasteiger partial charge is 0.459 e. The summed E-state index contributed by atoms with van der Waals surface area (Å²) in [6, 6.07) is 18.1. The zero-order valence-electron chi connectivity index (χ0n) is 16.5. The molecule has 2 amide bonds. The number of carbonyl (C=O) groups excluding carboxylic acids is 2. The van der Waals surface area contributed by atoms with Crippen LogP contribution < -0.4 is 15.5 Å². The van der Waals surface area contributed by atoms with Crippen LogP contribution in [0.1, 0.15) is 17.1 Å². The smallest absolute Gasteiger partial charge is 0.329 e. The van der Waals surface area contributed by atoms with E-state index in [9.17, 15) is 18.0 Å². The predicted octanol–water partition coefficient (Wildman–Crippen LogP) is 2.16. The highest BCUT2D eigenvalue weighted by Crippen LogP contribution is 2.13. The summed E-state index contributed by atoms with van der Waals surface area (Å²) in [5.41, 5.74) is 3.45. The van der Waals surface area contributed by atoms with Crippen molar-refractivity contribution in [1.29, 1.82) is 0 Å². The van der Waals surface area contributed by atoms with Crippen molar-refractivity contribution >= 4 is 33.7 Å². The number of amides is 2. The minimum Gasteiger partial charge on any atom is -0.459 e. The van der Waals surface area contributed by atoms with E-state index in [1.54, 1.807) is 55.5 Å². The first-order chi connectivity index (χ1) is 14.8. The Hall–Kier alpha value is -3.76. The molecular formula is C21H20N4O5S. The lowest BCUT2D eigenvalue weighted by atomic mass is 10.2. The fraction of sp³-hybridized carbons (Fsp3) is 0.0952. The molecule has 1 aromatic heterocycles. The molecule has 0 fully saturated rings. The number of carbonyl (C=O) groups is 2. The van der Waals surface area contributed by atoms with E-state index in [0.29, 0.717) is 11.4 Å². The van der Waals surface area contributed by atoms with Crippen molar-refractivity contribution in [2.24, 2.45) is 5.10 Å². The van der Waals surface area contributed by atoms with Crippen LogP contribution in [0.4, 0.5) is 5.69 Å². The topological polar surface area (TPSA) is 130 Å². The number of hydrazone groups is 1. The fourth-order valence-electron chi connectivity index (χ4n) is 2.51. The summed E-state index contributed by atoms with van der Waals surface area (Å²) >= 11 is 0. The Labute approximate surface area is 179 Å². The number of hydrogen-bond acceptors (Lipinski definition) is 6. The van der Waals surface area contributed by atoms with Crippen LogP contribution in [0.25, 0.3) is 0 Å². The van der Waals surface area contributed by atoms with Gasteiger partial charge >= 0.3 is 11.8 Å². The summed E-state index contributed by atoms with van der Waals surface area (Å²) in [7, 11) is -3.66. The van der Waals surface area contributed by atoms with E-state index in [-0.39, 0.29) is 17.2 Å². The molecule has 0 saturated carbocycles. The zero-order chi connectivity index (χ0) is 22.3. The quantitative estimate of drug-likeness (QED) is 0.294. The molecule has 0 aliphatic heterocycles. The van der Waals surface area contributed by atoms with Gasteiger partial charge in [0.15, 0.2) is 0 Å². The summed E-state index contributed by atoms with van der Waals surface area (Å²) in [5.74, 6) is -1.18. The van der Waals surface area contributed by atoms with E-state index in [1.807, 2.05) is 6.07 Å². The maximum Gasteiger partial charge on any atom is 0.329 e. The number of sulfonamides is 1. The van der Waals surface area contributed by atoms with Gasteiger partial charge in [0.25, 0.3) is 0 Å². The van der Waals surface area contributed by atoms with Gasteiger partial charge in [-0.25, -0.2) is 18.6 Å². The van der Waals surface area contributed by atoms with Crippen molar-refractivity contribution in [3.8, 4) is 0 Å². The van der Waals surface area contributed by atoms with Crippen LogP contribution in [0, 0.1) is 6.92 Å². The van der Waals surface area contributed by atoms with Crippen LogP contribution >= 0.6 is 0 Å². The Morgan fingerprint density at radius 2 is 1.68 bits per heavy atom. The van der Waals surface area contributed by atoms with Crippen molar-refractivity contribution in [3.63, 3.8) is 0 Å². The molecule has 0 radical (unpaired) electrons. The normalized spacial score (nSPS) is 11.4. The van der Waals surface area contributed by atoms with Crippen LogP contribution in [0.3, 0.4) is 0 Å². The van der Waals surface area contributed by atoms with Gasteiger partial charge in [0.1, 0.15) is 11.5 Å². The summed E-state index contributed by atoms with van der Waals surface area (Å²) in [6.07, 6.45) is 1.20. The van der Waals surface area contributed by atoms with Crippen LogP contribution in [-0.2, 0) is 26.2 Å². The van der Waals surface area contributed by atoms with E-state index in [0.717, 1.165) is 5.56 Å². The summed E-state index contributed by atoms with van der Waals surface area (Å²) < 4.78 is 32.3. The van der Waals surface area contributed by atoms with Crippen molar-refractivity contribution in [3.05, 3.63) is 83.8 Å². The van der Waals surface area contributed by atoms with Gasteiger partial charge in [-0.1, -0.05) is 36.4 Å². The highest BCUT2D eigenvalue weighted by molar-refractivity contribution is 7.89. The molecule has 0 saturated heterocycles. The number of benzene rings is 2. The SMILES string of the molecule is Cc1ccccc1NC(=O)C(=O)N/N=C/c1ccc(CNS(=O)(=O)c2ccccc2)o1. The predicted molar refractivity (Wildman–Crippen MR) is 115 cm³/mol. The molecule has 0 bridgehead atoms. The van der Waals surface area contributed by atoms with Gasteiger partial charge in [0.05, 0.1) is 17.7 Å². The number of rotatable bonds is 7. The fourth-order valence-corrected chi connectivity index (χ4v) is 3.52. The Kier molecular flexibility index (Phi) is 6.96. The van der Waals surface area contributed by atoms with Crippen molar-refractivity contribution in [1.82, 2.24) is 10.1 Å². The van der Waals surface area contributed by atoms with Crippen LogP contribution in [0.5, 0.6) is 0 Å². The van der Waals surface area contributed by atoms with Gasteiger partial charge in [0.2, 0.25) is 10.0 Å². The third-order valence-corrected chi connectivity index (χ3v) is 5.55. The summed E-state index contributed by atoms with van der Waals surface area (Å²) in [5, 5.41) is 6.17. The number of nitrogens with one attached hydrogen (secondary N) is 3. The molecule has 3 rings (SSSR count). The number of hydrogen-bond donors (Lipinski definition) is 3. The number of furan rings is 1. The Morgan fingerprint density at radius 3 is 2.42 bits per heavy atom. The molecule has 3 aromatic rings. The van der Waals surface area contributed by atoms with E-state index >= 15 is 0 Å². The molecule has 2 aromatic carbocycles. The van der Waals surface area contributed by atoms with E-state index in [4.69, 9.17) is 4.42 Å². The van der Waals surface area contributed by atoms with Crippen molar-refractivity contribution < 1.29 is 22.4 Å². The molecule has 9 nitrogen and oxygen atoms in total. The lowest BCUT2D eigenvalue weighted by molar-refractivity contribution is -0.136. The monoisotopic (exact) mass is 440 g/mol. The Morgan fingerprint density at radius 1 is 0.968 bits per heavy atom. The van der Waals surface area contributed by atoms with E-state index in [1.165, 1.54) is 18.3 Å². The number of anilines is 1. The van der Waals surface area contributed by atoms with Gasteiger partial charge in [-0.2, -0.15) is 5.10 Å². The molecule has 31 heavy (non-hydrogen) atoms. The third-order valence-electron chi connectivity index (χ3n) is 4.13. The Bertz CT molecular complexity index is 1200. The average molecular weight is 440 g/mol. The first kappa shape index (κ1) is 21.9. The molecule has 3 N–H and O–H groups in total. The molecule has 0 unspecified atom stereocenters.